The predicted octanol–water partition coefficient (Wildman–Crippen LogP) is 4.04. The number of ether oxygens (including phenoxy) is 1. The van der Waals surface area contributed by atoms with Crippen molar-refractivity contribution in [1.29, 1.82) is 0 Å². The van der Waals surface area contributed by atoms with Gasteiger partial charge in [-0.05, 0) is 51.8 Å². The molecule has 1 aliphatic heterocycles. The molecule has 30 heavy (non-hydrogen) atoms. The molecule has 7 nitrogen and oxygen atoms in total. The number of hydrogen-bond acceptors (Lipinski definition) is 5. The molecule has 1 fully saturated rings. The van der Waals surface area contributed by atoms with E-state index in [0.717, 1.165) is 22.7 Å². The van der Waals surface area contributed by atoms with Crippen LogP contribution in [0.5, 0.6) is 5.75 Å². The third kappa shape index (κ3) is 4.94. The predicted molar refractivity (Wildman–Crippen MR) is 121 cm³/mol. The Kier molecular flexibility index (Phi) is 6.67. The molecule has 3 rings (SSSR count). The van der Waals surface area contributed by atoms with Crippen LogP contribution in [0.25, 0.3) is 10.4 Å². The van der Waals surface area contributed by atoms with Gasteiger partial charge in [-0.15, -0.1) is 11.3 Å². The van der Waals surface area contributed by atoms with Crippen molar-refractivity contribution >= 4 is 28.3 Å². The summed E-state index contributed by atoms with van der Waals surface area (Å²) in [4.78, 5) is 26.3. The molecule has 2 aromatic rings. The maximum absolute atomic E-state index is 11.8. The molecule has 0 bridgehead atoms. The fourth-order valence-electron chi connectivity index (χ4n) is 4.21. The lowest BCUT2D eigenvalue weighted by Crippen LogP contribution is -2.53. The van der Waals surface area contributed by atoms with Crippen molar-refractivity contribution in [1.82, 2.24) is 4.90 Å². The number of piperidine rings is 1. The lowest BCUT2D eigenvalue weighted by molar-refractivity contribution is 0.0208. The number of rotatable bonds is 7. The first-order valence-electron chi connectivity index (χ1n) is 10.2. The summed E-state index contributed by atoms with van der Waals surface area (Å²) >= 11 is 1.24. The molecule has 2 heterocycles. The zero-order chi connectivity index (χ0) is 21.9. The van der Waals surface area contributed by atoms with Crippen LogP contribution in [0.2, 0.25) is 0 Å². The zero-order valence-electron chi connectivity index (χ0n) is 17.7. The van der Waals surface area contributed by atoms with Crippen LogP contribution in [0.15, 0.2) is 30.3 Å². The minimum Gasteiger partial charge on any atom is -0.492 e. The van der Waals surface area contributed by atoms with E-state index in [9.17, 15) is 9.59 Å². The van der Waals surface area contributed by atoms with E-state index in [2.05, 4.69) is 31.0 Å². The number of anilines is 1. The number of amides is 3. The largest absolute Gasteiger partial charge is 0.492 e. The molecular formula is C22H30N4O3S. The molecule has 1 aromatic carbocycles. The third-order valence-corrected chi connectivity index (χ3v) is 6.78. The highest BCUT2D eigenvalue weighted by atomic mass is 32.1. The molecule has 0 saturated carbocycles. The Morgan fingerprint density at radius 3 is 2.70 bits per heavy atom. The number of likely N-dealkylation sites (tertiary alicyclic amines) is 1. The fourth-order valence-corrected chi connectivity index (χ4v) is 5.31. The van der Waals surface area contributed by atoms with Crippen molar-refractivity contribution in [2.24, 2.45) is 11.5 Å². The van der Waals surface area contributed by atoms with Crippen molar-refractivity contribution in [3.05, 3.63) is 35.9 Å². The van der Waals surface area contributed by atoms with Gasteiger partial charge >= 0.3 is 6.03 Å². The van der Waals surface area contributed by atoms with E-state index in [1.54, 1.807) is 6.07 Å². The van der Waals surface area contributed by atoms with E-state index in [1.807, 2.05) is 24.3 Å². The molecule has 0 aliphatic carbocycles. The van der Waals surface area contributed by atoms with Gasteiger partial charge in [0.05, 0.1) is 5.56 Å². The number of nitrogens with two attached hydrogens (primary N) is 2. The van der Waals surface area contributed by atoms with Crippen molar-refractivity contribution in [2.45, 2.75) is 51.6 Å². The number of primary amides is 2. The average Bonchev–Trinajstić information content (AvgIpc) is 3.07. The molecule has 1 aliphatic rings. The summed E-state index contributed by atoms with van der Waals surface area (Å²) in [5.74, 6) is 0.101. The van der Waals surface area contributed by atoms with Gasteiger partial charge < -0.3 is 16.2 Å². The van der Waals surface area contributed by atoms with Crippen LogP contribution >= 0.6 is 11.3 Å². The summed E-state index contributed by atoms with van der Waals surface area (Å²) < 4.78 is 6.16. The lowest BCUT2D eigenvalue weighted by atomic mass is 9.87. The summed E-state index contributed by atoms with van der Waals surface area (Å²) in [5, 5.41) is 2.81. The van der Waals surface area contributed by atoms with Crippen LogP contribution in [0.1, 0.15) is 50.4 Å². The van der Waals surface area contributed by atoms with E-state index in [1.165, 1.54) is 30.6 Å². The number of nitrogens with one attached hydrogen (secondary N) is 1. The van der Waals surface area contributed by atoms with Gasteiger partial charge in [-0.3, -0.25) is 15.0 Å². The molecule has 3 amide bonds. The smallest absolute Gasteiger partial charge is 0.317 e. The number of para-hydroxylation sites is 1. The molecule has 5 N–H and O–H groups in total. The van der Waals surface area contributed by atoms with Gasteiger partial charge in [0.2, 0.25) is 0 Å². The number of carbonyl (C=O) groups excluding carboxylic acids is 2. The second-order valence-electron chi connectivity index (χ2n) is 8.30. The summed E-state index contributed by atoms with van der Waals surface area (Å²) in [7, 11) is 0. The number of urea groups is 1. The number of thiophene rings is 1. The SMILES string of the molecule is CC1CCCC(C)(C)N1CCOc1ccccc1-c1cc(C(N)=O)c(NC(N)=O)s1. The monoisotopic (exact) mass is 430 g/mol. The van der Waals surface area contributed by atoms with Gasteiger partial charge in [0.25, 0.3) is 5.91 Å². The number of hydrogen-bond donors (Lipinski definition) is 3. The van der Waals surface area contributed by atoms with Gasteiger partial charge in [-0.1, -0.05) is 18.6 Å². The first-order chi connectivity index (χ1) is 14.2. The van der Waals surface area contributed by atoms with Crippen molar-refractivity contribution in [2.75, 3.05) is 18.5 Å². The highest BCUT2D eigenvalue weighted by Crippen LogP contribution is 2.39. The summed E-state index contributed by atoms with van der Waals surface area (Å²) in [6.07, 6.45) is 3.66. The molecule has 8 heteroatoms. The highest BCUT2D eigenvalue weighted by molar-refractivity contribution is 7.20. The molecular weight excluding hydrogens is 400 g/mol. The van der Waals surface area contributed by atoms with E-state index in [0.29, 0.717) is 17.6 Å². The number of nitrogens with zero attached hydrogens (tertiary/aromatic N) is 1. The molecule has 1 saturated heterocycles. The topological polar surface area (TPSA) is 111 Å². The molecule has 1 atom stereocenters. The number of carbonyl (C=O) groups is 2. The molecule has 1 unspecified atom stereocenters. The van der Waals surface area contributed by atoms with Crippen molar-refractivity contribution in [3.63, 3.8) is 0 Å². The quantitative estimate of drug-likeness (QED) is 0.616. The van der Waals surface area contributed by atoms with Gasteiger partial charge in [0.1, 0.15) is 17.4 Å². The Morgan fingerprint density at radius 1 is 1.30 bits per heavy atom. The standard InChI is InChI=1S/C22H30N4O3S/c1-14-7-6-10-22(2,3)26(14)11-12-29-17-9-5-4-8-15(17)18-13-16(19(23)27)20(30-18)25-21(24)28/h4-5,8-9,13-14H,6-7,10-12H2,1-3H3,(H2,23,27)(H3,24,25,28). The summed E-state index contributed by atoms with van der Waals surface area (Å²) in [6, 6.07) is 9.11. The molecule has 0 radical (unpaired) electrons. The minimum absolute atomic E-state index is 0.167. The maximum atomic E-state index is 11.8. The second-order valence-corrected chi connectivity index (χ2v) is 9.35. The van der Waals surface area contributed by atoms with Crippen LogP contribution in [0.4, 0.5) is 9.80 Å². The van der Waals surface area contributed by atoms with Gasteiger partial charge in [0.15, 0.2) is 0 Å². The van der Waals surface area contributed by atoms with Crippen LogP contribution in [-0.4, -0.2) is 41.6 Å². The Balaban J connectivity index is 1.78. The molecule has 162 valence electrons. The van der Waals surface area contributed by atoms with Crippen LogP contribution < -0.4 is 21.5 Å². The van der Waals surface area contributed by atoms with Crippen molar-refractivity contribution in [3.8, 4) is 16.2 Å². The molecule has 1 aromatic heterocycles. The van der Waals surface area contributed by atoms with E-state index >= 15 is 0 Å². The van der Waals surface area contributed by atoms with Gasteiger partial charge in [0, 0.05) is 28.6 Å². The highest BCUT2D eigenvalue weighted by Gasteiger charge is 2.33. The Labute approximate surface area is 181 Å². The van der Waals surface area contributed by atoms with E-state index in [-0.39, 0.29) is 11.1 Å². The number of benzene rings is 1. The van der Waals surface area contributed by atoms with Crippen LogP contribution in [0, 0.1) is 0 Å². The summed E-state index contributed by atoms with van der Waals surface area (Å²) in [6.45, 7) is 8.26. The Hall–Kier alpha value is -2.58. The van der Waals surface area contributed by atoms with Gasteiger partial charge in [-0.2, -0.15) is 0 Å². The summed E-state index contributed by atoms with van der Waals surface area (Å²) in [5.41, 5.74) is 11.9. The van der Waals surface area contributed by atoms with Gasteiger partial charge in [-0.25, -0.2) is 4.79 Å². The van der Waals surface area contributed by atoms with E-state index < -0.39 is 11.9 Å². The second kappa shape index (κ2) is 9.06. The normalized spacial score (nSPS) is 18.7. The van der Waals surface area contributed by atoms with E-state index in [4.69, 9.17) is 16.2 Å². The Bertz CT molecular complexity index is 925. The lowest BCUT2D eigenvalue weighted by Gasteiger charge is -2.46. The zero-order valence-corrected chi connectivity index (χ0v) is 18.6. The van der Waals surface area contributed by atoms with Crippen LogP contribution in [0.3, 0.4) is 0 Å². The fraction of sp³-hybridized carbons (Fsp3) is 0.455. The molecule has 0 spiro atoms. The maximum Gasteiger partial charge on any atom is 0.317 e. The third-order valence-electron chi connectivity index (χ3n) is 5.70. The Morgan fingerprint density at radius 2 is 2.03 bits per heavy atom. The minimum atomic E-state index is -0.742. The van der Waals surface area contributed by atoms with Crippen LogP contribution in [-0.2, 0) is 0 Å². The first kappa shape index (κ1) is 22.1. The first-order valence-corrected chi connectivity index (χ1v) is 11.0. The van der Waals surface area contributed by atoms with Crippen molar-refractivity contribution < 1.29 is 14.3 Å². The average molecular weight is 431 g/mol.